The van der Waals surface area contributed by atoms with Crippen LogP contribution in [0, 0.1) is 5.92 Å². The molecule has 0 radical (unpaired) electrons. The van der Waals surface area contributed by atoms with Crippen molar-refractivity contribution in [3.8, 4) is 0 Å². The molecule has 0 aliphatic heterocycles. The fourth-order valence-electron chi connectivity index (χ4n) is 1.94. The monoisotopic (exact) mass is 209 g/mol. The molecule has 0 unspecified atom stereocenters. The first-order valence-electron chi connectivity index (χ1n) is 4.83. The second-order valence-corrected chi connectivity index (χ2v) is 3.83. The van der Waals surface area contributed by atoms with Gasteiger partial charge in [-0.25, -0.2) is 4.39 Å². The highest BCUT2D eigenvalue weighted by Crippen LogP contribution is 2.49. The van der Waals surface area contributed by atoms with E-state index in [4.69, 9.17) is 0 Å². The number of nitrogens with zero attached hydrogens (tertiary/aromatic N) is 1. The lowest BCUT2D eigenvalue weighted by Gasteiger charge is -2.39. The molecule has 1 aliphatic rings. The van der Waals surface area contributed by atoms with Crippen molar-refractivity contribution in [2.24, 2.45) is 5.92 Å². The van der Waals surface area contributed by atoms with Gasteiger partial charge in [-0.15, -0.1) is 0 Å². The minimum atomic E-state index is -1.37. The van der Waals surface area contributed by atoms with E-state index in [1.165, 1.54) is 7.11 Å². The number of aromatic nitrogens is 1. The second-order valence-electron chi connectivity index (χ2n) is 3.83. The molecule has 1 aliphatic carbocycles. The van der Waals surface area contributed by atoms with Crippen LogP contribution in [0.3, 0.4) is 0 Å². The molecule has 2 rings (SSSR count). The quantitative estimate of drug-likeness (QED) is 0.697. The predicted octanol–water partition coefficient (Wildman–Crippen LogP) is 1.83. The Hall–Kier alpha value is -1.45. The molecule has 0 saturated heterocycles. The van der Waals surface area contributed by atoms with E-state index in [1.807, 2.05) is 0 Å². The summed E-state index contributed by atoms with van der Waals surface area (Å²) in [6.07, 6.45) is 3.54. The summed E-state index contributed by atoms with van der Waals surface area (Å²) < 4.78 is 18.7. The van der Waals surface area contributed by atoms with Crippen molar-refractivity contribution >= 4 is 5.97 Å². The molecule has 0 aromatic carbocycles. The first kappa shape index (κ1) is 10.1. The molecule has 0 spiro atoms. The molecular formula is C11H12FNO2. The summed E-state index contributed by atoms with van der Waals surface area (Å²) in [4.78, 5) is 14.9. The molecule has 3 nitrogen and oxygen atoms in total. The van der Waals surface area contributed by atoms with Gasteiger partial charge >= 0.3 is 5.97 Å². The van der Waals surface area contributed by atoms with E-state index in [2.05, 4.69) is 9.72 Å². The van der Waals surface area contributed by atoms with Gasteiger partial charge in [0.15, 0.2) is 0 Å². The molecule has 1 saturated carbocycles. The van der Waals surface area contributed by atoms with E-state index in [9.17, 15) is 9.18 Å². The van der Waals surface area contributed by atoms with Crippen LogP contribution in [0.1, 0.15) is 18.4 Å². The van der Waals surface area contributed by atoms with Crippen molar-refractivity contribution in [1.82, 2.24) is 4.98 Å². The van der Waals surface area contributed by atoms with Gasteiger partial charge in [-0.05, 0) is 30.5 Å². The molecular weight excluding hydrogens is 197 g/mol. The third kappa shape index (κ3) is 1.71. The zero-order chi connectivity index (χ0) is 10.9. The maximum Gasteiger partial charge on any atom is 0.308 e. The van der Waals surface area contributed by atoms with Crippen molar-refractivity contribution in [1.29, 1.82) is 0 Å². The summed E-state index contributed by atoms with van der Waals surface area (Å²) in [5.74, 6) is -0.620. The molecule has 0 amide bonds. The minimum Gasteiger partial charge on any atom is -0.469 e. The van der Waals surface area contributed by atoms with Gasteiger partial charge in [0.2, 0.25) is 0 Å². The van der Waals surface area contributed by atoms with E-state index >= 15 is 0 Å². The smallest absolute Gasteiger partial charge is 0.308 e. The van der Waals surface area contributed by atoms with Crippen molar-refractivity contribution < 1.29 is 13.9 Å². The van der Waals surface area contributed by atoms with Crippen molar-refractivity contribution in [2.75, 3.05) is 7.11 Å². The van der Waals surface area contributed by atoms with Crippen LogP contribution in [-0.4, -0.2) is 18.1 Å². The van der Waals surface area contributed by atoms with Gasteiger partial charge in [-0.1, -0.05) is 0 Å². The number of hydrogen-bond donors (Lipinski definition) is 0. The summed E-state index contributed by atoms with van der Waals surface area (Å²) >= 11 is 0. The number of esters is 1. The van der Waals surface area contributed by atoms with Crippen molar-refractivity contribution in [3.63, 3.8) is 0 Å². The predicted molar refractivity (Wildman–Crippen MR) is 51.8 cm³/mol. The van der Waals surface area contributed by atoms with Crippen LogP contribution in [-0.2, 0) is 15.2 Å². The van der Waals surface area contributed by atoms with Crippen LogP contribution >= 0.6 is 0 Å². The van der Waals surface area contributed by atoms with Crippen LogP contribution < -0.4 is 0 Å². The van der Waals surface area contributed by atoms with Crippen LogP contribution in [0.5, 0.6) is 0 Å². The Kier molecular flexibility index (Phi) is 2.42. The third-order valence-electron chi connectivity index (χ3n) is 2.87. The first-order valence-corrected chi connectivity index (χ1v) is 4.83. The molecule has 15 heavy (non-hydrogen) atoms. The van der Waals surface area contributed by atoms with Gasteiger partial charge in [0.1, 0.15) is 5.67 Å². The fraction of sp³-hybridized carbons (Fsp3) is 0.455. The lowest BCUT2D eigenvalue weighted by atomic mass is 9.69. The molecule has 1 heterocycles. The highest BCUT2D eigenvalue weighted by molar-refractivity contribution is 5.74. The van der Waals surface area contributed by atoms with Gasteiger partial charge in [0, 0.05) is 12.4 Å². The maximum atomic E-state index is 14.1. The topological polar surface area (TPSA) is 39.2 Å². The molecule has 0 bridgehead atoms. The van der Waals surface area contributed by atoms with E-state index in [-0.39, 0.29) is 24.7 Å². The highest BCUT2D eigenvalue weighted by Gasteiger charge is 2.49. The normalized spacial score (nSPS) is 29.3. The van der Waals surface area contributed by atoms with Gasteiger partial charge in [-0.2, -0.15) is 0 Å². The Balaban J connectivity index is 2.06. The van der Waals surface area contributed by atoms with E-state index in [0.717, 1.165) is 0 Å². The summed E-state index contributed by atoms with van der Waals surface area (Å²) in [6, 6.07) is 3.29. The summed E-state index contributed by atoms with van der Waals surface area (Å²) in [6.45, 7) is 0. The maximum absolute atomic E-state index is 14.1. The van der Waals surface area contributed by atoms with Crippen LogP contribution in [0.4, 0.5) is 4.39 Å². The highest BCUT2D eigenvalue weighted by atomic mass is 19.1. The lowest BCUT2D eigenvalue weighted by Crippen LogP contribution is -2.41. The Morgan fingerprint density at radius 1 is 1.53 bits per heavy atom. The minimum absolute atomic E-state index is 0.212. The average molecular weight is 209 g/mol. The molecule has 0 N–H and O–H groups in total. The Morgan fingerprint density at radius 3 is 2.67 bits per heavy atom. The van der Waals surface area contributed by atoms with E-state index in [0.29, 0.717) is 5.56 Å². The molecule has 1 aromatic heterocycles. The van der Waals surface area contributed by atoms with Crippen molar-refractivity contribution in [3.05, 3.63) is 30.1 Å². The molecule has 0 atom stereocenters. The Morgan fingerprint density at radius 2 is 2.13 bits per heavy atom. The number of halogens is 1. The second kappa shape index (κ2) is 3.61. The van der Waals surface area contributed by atoms with Gasteiger partial charge < -0.3 is 4.74 Å². The summed E-state index contributed by atoms with van der Waals surface area (Å²) in [7, 11) is 1.33. The van der Waals surface area contributed by atoms with Crippen LogP contribution in [0.15, 0.2) is 24.5 Å². The third-order valence-corrected chi connectivity index (χ3v) is 2.87. The summed E-state index contributed by atoms with van der Waals surface area (Å²) in [5.41, 5.74) is -0.778. The number of alkyl halides is 1. The molecule has 1 fully saturated rings. The number of rotatable bonds is 2. The lowest BCUT2D eigenvalue weighted by molar-refractivity contribution is -0.155. The fourth-order valence-corrected chi connectivity index (χ4v) is 1.94. The SMILES string of the molecule is COC(=O)C1CC(F)(c2ccncc2)C1. The zero-order valence-electron chi connectivity index (χ0n) is 8.44. The van der Waals surface area contributed by atoms with Crippen molar-refractivity contribution in [2.45, 2.75) is 18.5 Å². The van der Waals surface area contributed by atoms with Gasteiger partial charge in [0.05, 0.1) is 13.0 Å². The van der Waals surface area contributed by atoms with E-state index < -0.39 is 5.67 Å². The largest absolute Gasteiger partial charge is 0.469 e. The molecule has 80 valence electrons. The zero-order valence-corrected chi connectivity index (χ0v) is 8.44. The molecule has 1 aromatic rings. The Bertz CT molecular complexity index is 360. The number of carbonyl (C=O) groups is 1. The standard InChI is InChI=1S/C11H12FNO2/c1-15-10(14)8-6-11(12,7-8)9-2-4-13-5-3-9/h2-5,8H,6-7H2,1H3. The summed E-state index contributed by atoms with van der Waals surface area (Å²) in [5, 5.41) is 0. The number of ether oxygens (including phenoxy) is 1. The number of carbonyl (C=O) groups excluding carboxylic acids is 1. The number of pyridine rings is 1. The first-order chi connectivity index (χ1) is 7.15. The van der Waals surface area contributed by atoms with Gasteiger partial charge in [0.25, 0.3) is 0 Å². The number of hydrogen-bond acceptors (Lipinski definition) is 3. The van der Waals surface area contributed by atoms with E-state index in [1.54, 1.807) is 24.5 Å². The number of methoxy groups -OCH3 is 1. The van der Waals surface area contributed by atoms with Crippen LogP contribution in [0.25, 0.3) is 0 Å². The molecule has 4 heteroatoms. The Labute approximate surface area is 87.3 Å². The van der Waals surface area contributed by atoms with Crippen LogP contribution in [0.2, 0.25) is 0 Å². The van der Waals surface area contributed by atoms with Gasteiger partial charge in [-0.3, -0.25) is 9.78 Å². The average Bonchev–Trinajstić information content (AvgIpc) is 2.25.